The van der Waals surface area contributed by atoms with Gasteiger partial charge in [-0.1, -0.05) is 31.0 Å². The second kappa shape index (κ2) is 8.67. The minimum atomic E-state index is 0.0667. The molecule has 1 fully saturated rings. The Kier molecular flexibility index (Phi) is 6.54. The maximum Gasteiger partial charge on any atom is 0.220 e. The molecule has 0 saturated heterocycles. The molecule has 4 heteroatoms. The monoisotopic (exact) mass is 291 g/mol. The van der Waals surface area contributed by atoms with Gasteiger partial charge in [-0.15, -0.1) is 0 Å². The quantitative estimate of drug-likeness (QED) is 0.759. The Bertz CT molecular complexity index is 421. The standard InChI is InChI=1S/C17H25NO3/c19-13-14-7-4-5-10-16(14)18-17(20)11-6-12-21-15-8-2-1-3-9-15/h1-3,8-9,14,16,19H,4-7,10-13H2,(H,18,20). The molecule has 2 rings (SSSR count). The van der Waals surface area contributed by atoms with Gasteiger partial charge in [0, 0.05) is 25.0 Å². The Morgan fingerprint density at radius 3 is 2.76 bits per heavy atom. The lowest BCUT2D eigenvalue weighted by Gasteiger charge is -2.30. The van der Waals surface area contributed by atoms with Crippen molar-refractivity contribution in [2.75, 3.05) is 13.2 Å². The van der Waals surface area contributed by atoms with Gasteiger partial charge >= 0.3 is 0 Å². The number of ether oxygens (including phenoxy) is 1. The van der Waals surface area contributed by atoms with Crippen LogP contribution in [0.3, 0.4) is 0 Å². The van der Waals surface area contributed by atoms with E-state index in [1.165, 1.54) is 0 Å². The molecule has 2 N–H and O–H groups in total. The zero-order chi connectivity index (χ0) is 14.9. The number of aliphatic hydroxyl groups excluding tert-OH is 1. The average Bonchev–Trinajstić information content (AvgIpc) is 2.53. The molecule has 1 aliphatic rings. The normalized spacial score (nSPS) is 21.8. The van der Waals surface area contributed by atoms with Gasteiger partial charge in [-0.3, -0.25) is 4.79 Å². The number of nitrogens with one attached hydrogen (secondary N) is 1. The molecule has 0 radical (unpaired) electrons. The molecule has 21 heavy (non-hydrogen) atoms. The van der Waals surface area contributed by atoms with Gasteiger partial charge in [0.2, 0.25) is 5.91 Å². The van der Waals surface area contributed by atoms with Crippen LogP contribution in [0.1, 0.15) is 38.5 Å². The smallest absolute Gasteiger partial charge is 0.220 e. The number of aliphatic hydroxyl groups is 1. The number of rotatable bonds is 7. The van der Waals surface area contributed by atoms with Crippen molar-refractivity contribution in [1.29, 1.82) is 0 Å². The predicted molar refractivity (Wildman–Crippen MR) is 82.1 cm³/mol. The van der Waals surface area contributed by atoms with E-state index in [1.807, 2.05) is 30.3 Å². The maximum atomic E-state index is 11.9. The molecule has 116 valence electrons. The SMILES string of the molecule is O=C(CCCOc1ccccc1)NC1CCCCC1CO. The zero-order valence-electron chi connectivity index (χ0n) is 12.5. The molecule has 4 nitrogen and oxygen atoms in total. The van der Waals surface area contributed by atoms with Gasteiger partial charge in [0.1, 0.15) is 5.75 Å². The van der Waals surface area contributed by atoms with E-state index in [1.54, 1.807) is 0 Å². The number of hydrogen-bond acceptors (Lipinski definition) is 3. The van der Waals surface area contributed by atoms with Gasteiger partial charge in [-0.2, -0.15) is 0 Å². The number of amides is 1. The number of para-hydroxylation sites is 1. The molecule has 1 amide bonds. The third kappa shape index (κ3) is 5.38. The summed E-state index contributed by atoms with van der Waals surface area (Å²) in [6.07, 6.45) is 5.47. The van der Waals surface area contributed by atoms with Crippen molar-refractivity contribution in [3.8, 4) is 5.75 Å². The van der Waals surface area contributed by atoms with Crippen LogP contribution in [0.5, 0.6) is 5.75 Å². The summed E-state index contributed by atoms with van der Waals surface area (Å²) >= 11 is 0. The summed E-state index contributed by atoms with van der Waals surface area (Å²) in [5, 5.41) is 12.4. The van der Waals surface area contributed by atoms with Crippen molar-refractivity contribution in [2.24, 2.45) is 5.92 Å². The Morgan fingerprint density at radius 1 is 1.24 bits per heavy atom. The first-order valence-electron chi connectivity index (χ1n) is 7.87. The van der Waals surface area contributed by atoms with Crippen molar-refractivity contribution in [3.05, 3.63) is 30.3 Å². The topological polar surface area (TPSA) is 58.6 Å². The van der Waals surface area contributed by atoms with Crippen LogP contribution >= 0.6 is 0 Å². The summed E-state index contributed by atoms with van der Waals surface area (Å²) in [4.78, 5) is 11.9. The first kappa shape index (κ1) is 15.8. The Labute approximate surface area is 126 Å². The van der Waals surface area contributed by atoms with Gasteiger partial charge in [0.25, 0.3) is 0 Å². The number of benzene rings is 1. The van der Waals surface area contributed by atoms with Crippen LogP contribution in [0.2, 0.25) is 0 Å². The molecule has 0 bridgehead atoms. The van der Waals surface area contributed by atoms with E-state index in [-0.39, 0.29) is 24.5 Å². The highest BCUT2D eigenvalue weighted by Gasteiger charge is 2.25. The van der Waals surface area contributed by atoms with Crippen LogP contribution in [0, 0.1) is 5.92 Å². The number of carbonyl (C=O) groups is 1. The molecular weight excluding hydrogens is 266 g/mol. The molecule has 1 aliphatic carbocycles. The largest absolute Gasteiger partial charge is 0.494 e. The van der Waals surface area contributed by atoms with Crippen LogP contribution in [-0.2, 0) is 4.79 Å². The lowest BCUT2D eigenvalue weighted by Crippen LogP contribution is -2.43. The highest BCUT2D eigenvalue weighted by Crippen LogP contribution is 2.24. The molecule has 0 spiro atoms. The lowest BCUT2D eigenvalue weighted by atomic mass is 9.85. The Hall–Kier alpha value is -1.55. The average molecular weight is 291 g/mol. The van der Waals surface area contributed by atoms with Crippen molar-refractivity contribution in [1.82, 2.24) is 5.32 Å². The number of carbonyl (C=O) groups excluding carboxylic acids is 1. The predicted octanol–water partition coefficient (Wildman–Crippen LogP) is 2.51. The van der Waals surface area contributed by atoms with Crippen molar-refractivity contribution < 1.29 is 14.6 Å². The van der Waals surface area contributed by atoms with Gasteiger partial charge in [-0.25, -0.2) is 0 Å². The molecule has 0 heterocycles. The first-order chi connectivity index (χ1) is 10.3. The van der Waals surface area contributed by atoms with Crippen LogP contribution in [0.25, 0.3) is 0 Å². The van der Waals surface area contributed by atoms with Gasteiger partial charge in [-0.05, 0) is 31.4 Å². The highest BCUT2D eigenvalue weighted by atomic mass is 16.5. The maximum absolute atomic E-state index is 11.9. The van der Waals surface area contributed by atoms with E-state index in [0.29, 0.717) is 19.4 Å². The van der Waals surface area contributed by atoms with Crippen molar-refractivity contribution in [2.45, 2.75) is 44.6 Å². The van der Waals surface area contributed by atoms with E-state index >= 15 is 0 Å². The molecule has 1 aromatic rings. The van der Waals surface area contributed by atoms with E-state index in [2.05, 4.69) is 5.32 Å². The Balaban J connectivity index is 1.63. The minimum absolute atomic E-state index is 0.0667. The van der Waals surface area contributed by atoms with E-state index in [0.717, 1.165) is 31.4 Å². The molecule has 1 aromatic carbocycles. The second-order valence-corrected chi connectivity index (χ2v) is 5.67. The van der Waals surface area contributed by atoms with E-state index < -0.39 is 0 Å². The molecule has 2 unspecified atom stereocenters. The summed E-state index contributed by atoms with van der Waals surface area (Å²) in [7, 11) is 0. The second-order valence-electron chi connectivity index (χ2n) is 5.67. The fourth-order valence-electron chi connectivity index (χ4n) is 2.83. The summed E-state index contributed by atoms with van der Waals surface area (Å²) in [6.45, 7) is 0.716. The van der Waals surface area contributed by atoms with Crippen LogP contribution in [-0.4, -0.2) is 30.3 Å². The fourth-order valence-corrected chi connectivity index (χ4v) is 2.83. The molecule has 0 aromatic heterocycles. The fraction of sp³-hybridized carbons (Fsp3) is 0.588. The zero-order valence-corrected chi connectivity index (χ0v) is 12.5. The number of hydrogen-bond donors (Lipinski definition) is 2. The minimum Gasteiger partial charge on any atom is -0.494 e. The summed E-state index contributed by atoms with van der Waals surface area (Å²) < 4.78 is 5.57. The first-order valence-corrected chi connectivity index (χ1v) is 7.87. The van der Waals surface area contributed by atoms with Crippen LogP contribution in [0.4, 0.5) is 0 Å². The van der Waals surface area contributed by atoms with Crippen molar-refractivity contribution in [3.63, 3.8) is 0 Å². The van der Waals surface area contributed by atoms with Gasteiger partial charge < -0.3 is 15.2 Å². The third-order valence-electron chi connectivity index (χ3n) is 4.05. The van der Waals surface area contributed by atoms with E-state index in [9.17, 15) is 9.90 Å². The third-order valence-corrected chi connectivity index (χ3v) is 4.05. The van der Waals surface area contributed by atoms with Gasteiger partial charge in [0.15, 0.2) is 0 Å². The van der Waals surface area contributed by atoms with Gasteiger partial charge in [0.05, 0.1) is 6.61 Å². The van der Waals surface area contributed by atoms with Crippen molar-refractivity contribution >= 4 is 5.91 Å². The Morgan fingerprint density at radius 2 is 2.00 bits per heavy atom. The highest BCUT2D eigenvalue weighted by molar-refractivity contribution is 5.76. The lowest BCUT2D eigenvalue weighted by molar-refractivity contribution is -0.122. The molecular formula is C17H25NO3. The van der Waals surface area contributed by atoms with Crippen LogP contribution < -0.4 is 10.1 Å². The summed E-state index contributed by atoms with van der Waals surface area (Å²) in [6, 6.07) is 9.77. The van der Waals surface area contributed by atoms with E-state index in [4.69, 9.17) is 4.74 Å². The van der Waals surface area contributed by atoms with Crippen LogP contribution in [0.15, 0.2) is 30.3 Å². The molecule has 0 aliphatic heterocycles. The summed E-state index contributed by atoms with van der Waals surface area (Å²) in [5.41, 5.74) is 0. The summed E-state index contributed by atoms with van der Waals surface area (Å²) in [5.74, 6) is 1.13. The molecule has 2 atom stereocenters. The molecule has 1 saturated carbocycles.